The van der Waals surface area contributed by atoms with Crippen LogP contribution in [0.5, 0.6) is 0 Å². The first-order valence-electron chi connectivity index (χ1n) is 6.19. The lowest BCUT2D eigenvalue weighted by atomic mass is 10.1. The number of rotatable bonds is 3. The molecule has 3 rings (SSSR count). The van der Waals surface area contributed by atoms with Gasteiger partial charge in [0.2, 0.25) is 0 Å². The molecule has 1 aromatic carbocycles. The van der Waals surface area contributed by atoms with E-state index in [-0.39, 0.29) is 0 Å². The molecule has 2 aromatic heterocycles. The van der Waals surface area contributed by atoms with Crippen LogP contribution < -0.4 is 11.1 Å². The van der Waals surface area contributed by atoms with Gasteiger partial charge in [0.25, 0.3) is 0 Å². The maximum atomic E-state index is 14.1. The zero-order valence-electron chi connectivity index (χ0n) is 11.0. The number of anilines is 2. The highest BCUT2D eigenvalue weighted by Gasteiger charge is 2.12. The molecule has 2 heterocycles. The molecule has 0 atom stereocenters. The summed E-state index contributed by atoms with van der Waals surface area (Å²) in [6.45, 7) is 0.413. The van der Waals surface area contributed by atoms with Crippen LogP contribution in [-0.4, -0.2) is 14.5 Å². The smallest absolute Gasteiger partial charge is 0.150 e. The van der Waals surface area contributed by atoms with Gasteiger partial charge in [-0.2, -0.15) is 0 Å². The van der Waals surface area contributed by atoms with Crippen molar-refractivity contribution in [2.45, 2.75) is 6.54 Å². The monoisotopic (exact) mass is 271 g/mol. The van der Waals surface area contributed by atoms with Crippen LogP contribution in [0, 0.1) is 5.82 Å². The molecule has 5 nitrogen and oxygen atoms in total. The summed E-state index contributed by atoms with van der Waals surface area (Å²) in [5.74, 6) is 0.396. The van der Waals surface area contributed by atoms with E-state index < -0.39 is 5.82 Å². The highest BCUT2D eigenvalue weighted by molar-refractivity contribution is 5.98. The van der Waals surface area contributed by atoms with Crippen LogP contribution in [0.2, 0.25) is 0 Å². The Morgan fingerprint density at radius 1 is 1.35 bits per heavy atom. The topological polar surface area (TPSA) is 68.8 Å². The van der Waals surface area contributed by atoms with Crippen molar-refractivity contribution in [3.05, 3.63) is 48.4 Å². The minimum atomic E-state index is -0.414. The summed E-state index contributed by atoms with van der Waals surface area (Å²) in [7, 11) is 1.89. The van der Waals surface area contributed by atoms with E-state index in [1.54, 1.807) is 18.5 Å². The van der Waals surface area contributed by atoms with Crippen molar-refractivity contribution in [2.75, 3.05) is 11.1 Å². The van der Waals surface area contributed by atoms with Gasteiger partial charge in [-0.1, -0.05) is 0 Å². The molecular weight excluding hydrogens is 257 g/mol. The molecule has 102 valence electrons. The van der Waals surface area contributed by atoms with Gasteiger partial charge in [-0.05, 0) is 18.2 Å². The maximum absolute atomic E-state index is 14.1. The fraction of sp³-hybridized carbons (Fsp3) is 0.143. The number of nitrogens with one attached hydrogen (secondary N) is 1. The van der Waals surface area contributed by atoms with E-state index in [9.17, 15) is 4.39 Å². The lowest BCUT2D eigenvalue weighted by Crippen LogP contribution is -2.08. The van der Waals surface area contributed by atoms with E-state index in [1.807, 2.05) is 23.9 Å². The summed E-state index contributed by atoms with van der Waals surface area (Å²) < 4.78 is 16.0. The standard InChI is InChI=1S/C14H14FN5/c1-20-6-5-17-12(20)8-19-14-10(15)7-11(16)9-3-2-4-18-13(9)14/h2-7,19H,8,16H2,1H3. The zero-order valence-corrected chi connectivity index (χ0v) is 11.0. The lowest BCUT2D eigenvalue weighted by molar-refractivity contribution is 0.631. The molecule has 0 saturated heterocycles. The van der Waals surface area contributed by atoms with Crippen molar-refractivity contribution in [3.8, 4) is 0 Å². The van der Waals surface area contributed by atoms with Crippen LogP contribution in [0.3, 0.4) is 0 Å². The van der Waals surface area contributed by atoms with Crippen molar-refractivity contribution in [1.82, 2.24) is 14.5 Å². The Morgan fingerprint density at radius 2 is 2.20 bits per heavy atom. The predicted molar refractivity (Wildman–Crippen MR) is 76.6 cm³/mol. The van der Waals surface area contributed by atoms with E-state index in [2.05, 4.69) is 15.3 Å². The molecule has 3 N–H and O–H groups in total. The molecule has 0 radical (unpaired) electrons. The van der Waals surface area contributed by atoms with Crippen LogP contribution in [0.1, 0.15) is 5.82 Å². The predicted octanol–water partition coefficient (Wildman–Crippen LogP) is 2.30. The molecule has 0 saturated carbocycles. The number of hydrogen-bond donors (Lipinski definition) is 2. The van der Waals surface area contributed by atoms with Crippen molar-refractivity contribution < 1.29 is 4.39 Å². The van der Waals surface area contributed by atoms with Gasteiger partial charge in [-0.3, -0.25) is 4.98 Å². The fourth-order valence-corrected chi connectivity index (χ4v) is 2.14. The minimum absolute atomic E-state index is 0.345. The number of hydrogen-bond acceptors (Lipinski definition) is 4. The number of aromatic nitrogens is 3. The quantitative estimate of drug-likeness (QED) is 0.717. The molecular formula is C14H14FN5. The Morgan fingerprint density at radius 3 is 2.95 bits per heavy atom. The highest BCUT2D eigenvalue weighted by Crippen LogP contribution is 2.29. The van der Waals surface area contributed by atoms with Crippen molar-refractivity contribution in [1.29, 1.82) is 0 Å². The summed E-state index contributed by atoms with van der Waals surface area (Å²) in [6, 6.07) is 4.91. The van der Waals surface area contributed by atoms with Gasteiger partial charge >= 0.3 is 0 Å². The molecule has 6 heteroatoms. The van der Waals surface area contributed by atoms with Gasteiger partial charge in [-0.15, -0.1) is 0 Å². The lowest BCUT2D eigenvalue weighted by Gasteiger charge is -2.11. The van der Waals surface area contributed by atoms with E-state index in [0.29, 0.717) is 23.4 Å². The highest BCUT2D eigenvalue weighted by atomic mass is 19.1. The molecule has 0 aliphatic carbocycles. The molecule has 3 aromatic rings. The fourth-order valence-electron chi connectivity index (χ4n) is 2.14. The molecule has 0 spiro atoms. The first-order chi connectivity index (χ1) is 9.66. The zero-order chi connectivity index (χ0) is 14.1. The number of nitrogens with zero attached hydrogens (tertiary/aromatic N) is 3. The molecule has 0 bridgehead atoms. The van der Waals surface area contributed by atoms with Crippen LogP contribution in [0.15, 0.2) is 36.8 Å². The first-order valence-corrected chi connectivity index (χ1v) is 6.19. The normalized spacial score (nSPS) is 10.9. The van der Waals surface area contributed by atoms with Crippen LogP contribution >= 0.6 is 0 Å². The Hall–Kier alpha value is -2.63. The SMILES string of the molecule is Cn1ccnc1CNc1c(F)cc(N)c2cccnc12. The first kappa shape index (κ1) is 12.4. The van der Waals surface area contributed by atoms with Gasteiger partial charge < -0.3 is 15.6 Å². The number of imidazole rings is 1. The van der Waals surface area contributed by atoms with Crippen LogP contribution in [0.25, 0.3) is 10.9 Å². The minimum Gasteiger partial charge on any atom is -0.398 e. The number of aryl methyl sites for hydroxylation is 1. The number of benzene rings is 1. The number of nitrogen functional groups attached to an aromatic ring is 1. The summed E-state index contributed by atoms with van der Waals surface area (Å²) in [4.78, 5) is 8.41. The Labute approximate surface area is 115 Å². The molecule has 0 unspecified atom stereocenters. The van der Waals surface area contributed by atoms with E-state index in [1.165, 1.54) is 6.07 Å². The third-order valence-electron chi connectivity index (χ3n) is 3.22. The van der Waals surface area contributed by atoms with Gasteiger partial charge in [0.15, 0.2) is 5.82 Å². The van der Waals surface area contributed by atoms with E-state index >= 15 is 0 Å². The van der Waals surface area contributed by atoms with Gasteiger partial charge in [-0.25, -0.2) is 9.37 Å². The Kier molecular flexibility index (Phi) is 2.98. The average Bonchev–Trinajstić information content (AvgIpc) is 2.84. The molecule has 0 aliphatic heterocycles. The third-order valence-corrected chi connectivity index (χ3v) is 3.22. The van der Waals surface area contributed by atoms with E-state index in [0.717, 1.165) is 11.2 Å². The summed E-state index contributed by atoms with van der Waals surface area (Å²) in [5, 5.41) is 3.78. The molecule has 20 heavy (non-hydrogen) atoms. The summed E-state index contributed by atoms with van der Waals surface area (Å²) in [5.41, 5.74) is 7.07. The molecule has 0 fully saturated rings. The number of pyridine rings is 1. The number of fused-ring (bicyclic) bond motifs is 1. The Bertz CT molecular complexity index is 765. The summed E-state index contributed by atoms with van der Waals surface area (Å²) in [6.07, 6.45) is 5.16. The van der Waals surface area contributed by atoms with Gasteiger partial charge in [0, 0.05) is 36.7 Å². The second kappa shape index (κ2) is 4.80. The van der Waals surface area contributed by atoms with Crippen LogP contribution in [0.4, 0.5) is 15.8 Å². The van der Waals surface area contributed by atoms with Gasteiger partial charge in [0.1, 0.15) is 5.82 Å². The van der Waals surface area contributed by atoms with E-state index in [4.69, 9.17) is 5.73 Å². The van der Waals surface area contributed by atoms with Crippen molar-refractivity contribution in [2.24, 2.45) is 7.05 Å². The number of nitrogens with two attached hydrogens (primary N) is 1. The van der Waals surface area contributed by atoms with Gasteiger partial charge in [0.05, 0.1) is 17.7 Å². The second-order valence-corrected chi connectivity index (χ2v) is 4.53. The maximum Gasteiger partial charge on any atom is 0.150 e. The average molecular weight is 271 g/mol. The second-order valence-electron chi connectivity index (χ2n) is 4.53. The molecule has 0 aliphatic rings. The number of halogens is 1. The third kappa shape index (κ3) is 2.05. The van der Waals surface area contributed by atoms with Crippen molar-refractivity contribution >= 4 is 22.3 Å². The Balaban J connectivity index is 2.01. The van der Waals surface area contributed by atoms with Crippen molar-refractivity contribution in [3.63, 3.8) is 0 Å². The molecule has 0 amide bonds. The van der Waals surface area contributed by atoms with Crippen LogP contribution in [-0.2, 0) is 13.6 Å². The summed E-state index contributed by atoms with van der Waals surface area (Å²) >= 11 is 0. The largest absolute Gasteiger partial charge is 0.398 e.